The number of furan rings is 1. The summed E-state index contributed by atoms with van der Waals surface area (Å²) < 4.78 is 30.2. The van der Waals surface area contributed by atoms with E-state index in [9.17, 15) is 19.1 Å². The predicted molar refractivity (Wildman–Crippen MR) is 125 cm³/mol. The summed E-state index contributed by atoms with van der Waals surface area (Å²) in [5.41, 5.74) is 0.815. The fourth-order valence-electron chi connectivity index (χ4n) is 4.62. The van der Waals surface area contributed by atoms with Gasteiger partial charge in [0, 0.05) is 31.6 Å². The zero-order valence-electron chi connectivity index (χ0n) is 19.2. The van der Waals surface area contributed by atoms with Gasteiger partial charge in [-0.3, -0.25) is 14.5 Å². The second kappa shape index (κ2) is 9.52. The highest BCUT2D eigenvalue weighted by Crippen LogP contribution is 2.40. The topological polar surface area (TPSA) is 92.5 Å². The van der Waals surface area contributed by atoms with E-state index in [1.54, 1.807) is 24.3 Å². The average Bonchev–Trinajstić information content (AvgIpc) is 3.43. The minimum absolute atomic E-state index is 0.0269. The molecule has 2 aliphatic heterocycles. The van der Waals surface area contributed by atoms with Crippen molar-refractivity contribution in [2.75, 3.05) is 46.5 Å². The number of morpholine rings is 1. The molecule has 8 nitrogen and oxygen atoms in total. The largest absolute Gasteiger partial charge is 0.503 e. The minimum atomic E-state index is -0.883. The van der Waals surface area contributed by atoms with Crippen LogP contribution in [0.2, 0.25) is 0 Å². The Morgan fingerprint density at radius 2 is 1.89 bits per heavy atom. The van der Waals surface area contributed by atoms with Crippen LogP contribution in [-0.4, -0.2) is 73.1 Å². The summed E-state index contributed by atoms with van der Waals surface area (Å²) in [5, 5.41) is 11.5. The van der Waals surface area contributed by atoms with E-state index in [2.05, 4.69) is 4.90 Å². The quantitative estimate of drug-likeness (QED) is 0.518. The van der Waals surface area contributed by atoms with Gasteiger partial charge in [0.05, 0.1) is 31.9 Å². The summed E-state index contributed by atoms with van der Waals surface area (Å²) in [6.07, 6.45) is 0. The molecule has 2 aliphatic rings. The predicted octanol–water partition coefficient (Wildman–Crippen LogP) is 3.49. The van der Waals surface area contributed by atoms with Gasteiger partial charge in [-0.2, -0.15) is 0 Å². The van der Waals surface area contributed by atoms with Crippen molar-refractivity contribution < 1.29 is 33.0 Å². The number of ketones is 1. The van der Waals surface area contributed by atoms with Crippen molar-refractivity contribution in [3.8, 4) is 5.75 Å². The van der Waals surface area contributed by atoms with Crippen LogP contribution in [0.1, 0.15) is 22.2 Å². The van der Waals surface area contributed by atoms with Crippen molar-refractivity contribution >= 4 is 22.7 Å². The lowest BCUT2D eigenvalue weighted by Gasteiger charge is -2.31. The molecule has 1 aromatic heterocycles. The summed E-state index contributed by atoms with van der Waals surface area (Å²) in [7, 11) is 1.50. The van der Waals surface area contributed by atoms with Crippen LogP contribution in [0.4, 0.5) is 4.39 Å². The van der Waals surface area contributed by atoms with Crippen LogP contribution in [0.5, 0.6) is 5.75 Å². The number of carbonyl (C=O) groups excluding carboxylic acids is 2. The molecule has 1 saturated heterocycles. The Morgan fingerprint density at radius 3 is 2.60 bits per heavy atom. The molecular weight excluding hydrogens is 455 g/mol. The summed E-state index contributed by atoms with van der Waals surface area (Å²) in [6.45, 7) is 3.50. The zero-order valence-corrected chi connectivity index (χ0v) is 19.2. The summed E-state index contributed by atoms with van der Waals surface area (Å²) >= 11 is 0. The Morgan fingerprint density at radius 1 is 1.14 bits per heavy atom. The number of benzene rings is 2. The van der Waals surface area contributed by atoms with Gasteiger partial charge < -0.3 is 23.9 Å². The highest BCUT2D eigenvalue weighted by Gasteiger charge is 2.44. The third kappa shape index (κ3) is 4.28. The maximum Gasteiger partial charge on any atom is 0.290 e. The standard InChI is InChI=1S/C26H25FN2O6/c1-33-19-4-2-3-17-15-20(35-25(17)19)23(30)21-22(16-5-7-18(27)8-6-16)29(26(32)24(21)31)10-9-28-11-13-34-14-12-28/h2-8,15,22,31H,9-14H2,1H3/t22-/m0/s1. The van der Waals surface area contributed by atoms with Gasteiger partial charge in [-0.15, -0.1) is 0 Å². The number of aliphatic hydroxyl groups excluding tert-OH is 1. The number of amides is 1. The molecule has 0 radical (unpaired) electrons. The number of para-hydroxylation sites is 1. The van der Waals surface area contributed by atoms with Gasteiger partial charge in [-0.25, -0.2) is 4.39 Å². The van der Waals surface area contributed by atoms with E-state index in [4.69, 9.17) is 13.9 Å². The number of rotatable bonds is 7. The Balaban J connectivity index is 1.51. The molecule has 1 N–H and O–H groups in total. The molecular formula is C26H25FN2O6. The van der Waals surface area contributed by atoms with Gasteiger partial charge in [-0.05, 0) is 29.8 Å². The molecule has 0 spiro atoms. The van der Waals surface area contributed by atoms with E-state index in [1.165, 1.54) is 36.3 Å². The van der Waals surface area contributed by atoms with Gasteiger partial charge in [-0.1, -0.05) is 24.3 Å². The Bertz CT molecular complexity index is 1290. The van der Waals surface area contributed by atoms with Gasteiger partial charge >= 0.3 is 0 Å². The Hall–Kier alpha value is -3.69. The fourth-order valence-corrected chi connectivity index (χ4v) is 4.62. The number of halogens is 1. The first-order chi connectivity index (χ1) is 17.0. The van der Waals surface area contributed by atoms with E-state index < -0.39 is 29.3 Å². The Kier molecular flexibility index (Phi) is 6.27. The van der Waals surface area contributed by atoms with Crippen LogP contribution in [0.3, 0.4) is 0 Å². The molecule has 1 fully saturated rings. The summed E-state index contributed by atoms with van der Waals surface area (Å²) in [4.78, 5) is 30.4. The van der Waals surface area contributed by atoms with Gasteiger partial charge in [0.2, 0.25) is 5.78 Å². The van der Waals surface area contributed by atoms with Crippen molar-refractivity contribution in [2.24, 2.45) is 0 Å². The molecule has 0 unspecified atom stereocenters. The third-order valence-electron chi connectivity index (χ3n) is 6.45. The average molecular weight is 480 g/mol. The van der Waals surface area contributed by atoms with Crippen molar-refractivity contribution in [1.29, 1.82) is 0 Å². The smallest absolute Gasteiger partial charge is 0.290 e. The Labute approximate surface area is 201 Å². The molecule has 1 atom stereocenters. The normalized spacial score (nSPS) is 19.1. The first-order valence-corrected chi connectivity index (χ1v) is 11.4. The molecule has 5 rings (SSSR count). The SMILES string of the molecule is COc1cccc2cc(C(=O)C3=C(O)C(=O)N(CCN4CCOCC4)[C@H]3c3ccc(F)cc3)oc12. The molecule has 0 bridgehead atoms. The van der Waals surface area contributed by atoms with Gasteiger partial charge in [0.25, 0.3) is 5.91 Å². The van der Waals surface area contributed by atoms with Crippen LogP contribution < -0.4 is 4.74 Å². The summed E-state index contributed by atoms with van der Waals surface area (Å²) in [6, 6.07) is 11.5. The molecule has 0 aliphatic carbocycles. The van der Waals surface area contributed by atoms with Crippen LogP contribution in [0, 0.1) is 5.82 Å². The van der Waals surface area contributed by atoms with E-state index in [0.29, 0.717) is 42.0 Å². The minimum Gasteiger partial charge on any atom is -0.503 e. The van der Waals surface area contributed by atoms with Crippen LogP contribution in [-0.2, 0) is 9.53 Å². The summed E-state index contributed by atoms with van der Waals surface area (Å²) in [5.74, 6) is -1.89. The zero-order chi connectivity index (χ0) is 24.5. The van der Waals surface area contributed by atoms with E-state index in [0.717, 1.165) is 13.1 Å². The second-order valence-electron chi connectivity index (χ2n) is 8.49. The van der Waals surface area contributed by atoms with Crippen LogP contribution >= 0.6 is 0 Å². The molecule has 2 aromatic carbocycles. The molecule has 9 heteroatoms. The lowest BCUT2D eigenvalue weighted by atomic mass is 9.95. The van der Waals surface area contributed by atoms with Gasteiger partial charge in [0.1, 0.15) is 5.82 Å². The fraction of sp³-hybridized carbons (Fsp3) is 0.308. The number of methoxy groups -OCH3 is 1. The first-order valence-electron chi connectivity index (χ1n) is 11.4. The number of fused-ring (bicyclic) bond motifs is 1. The van der Waals surface area contributed by atoms with E-state index in [1.807, 2.05) is 0 Å². The van der Waals surface area contributed by atoms with Crippen molar-refractivity contribution in [1.82, 2.24) is 9.80 Å². The van der Waals surface area contributed by atoms with Crippen molar-refractivity contribution in [2.45, 2.75) is 6.04 Å². The second-order valence-corrected chi connectivity index (χ2v) is 8.49. The molecule has 1 amide bonds. The third-order valence-corrected chi connectivity index (χ3v) is 6.45. The number of nitrogens with zero attached hydrogens (tertiary/aromatic N) is 2. The number of Topliss-reactive ketones (excluding diaryl/α,β-unsaturated/α-hetero) is 1. The highest BCUT2D eigenvalue weighted by atomic mass is 19.1. The number of ether oxygens (including phenoxy) is 2. The van der Waals surface area contributed by atoms with Crippen LogP contribution in [0.25, 0.3) is 11.0 Å². The molecule has 182 valence electrons. The van der Waals surface area contributed by atoms with E-state index >= 15 is 0 Å². The molecule has 35 heavy (non-hydrogen) atoms. The van der Waals surface area contributed by atoms with Crippen LogP contribution in [0.15, 0.2) is 64.3 Å². The molecule has 3 heterocycles. The number of hydrogen-bond acceptors (Lipinski definition) is 7. The monoisotopic (exact) mass is 480 g/mol. The lowest BCUT2D eigenvalue weighted by Crippen LogP contribution is -2.43. The maximum atomic E-state index is 13.7. The lowest BCUT2D eigenvalue weighted by molar-refractivity contribution is -0.129. The maximum absolute atomic E-state index is 13.7. The number of aliphatic hydroxyl groups is 1. The van der Waals surface area contributed by atoms with E-state index in [-0.39, 0.29) is 17.9 Å². The van der Waals surface area contributed by atoms with Crippen molar-refractivity contribution in [3.05, 3.63) is 77.0 Å². The number of carbonyl (C=O) groups is 2. The molecule has 0 saturated carbocycles. The molecule has 3 aromatic rings. The van der Waals surface area contributed by atoms with Gasteiger partial charge in [0.15, 0.2) is 22.9 Å². The first kappa shape index (κ1) is 23.1. The highest BCUT2D eigenvalue weighted by molar-refractivity contribution is 6.16. The van der Waals surface area contributed by atoms with Crippen molar-refractivity contribution in [3.63, 3.8) is 0 Å². The number of hydrogen-bond donors (Lipinski definition) is 1.